The number of hydrogen-bond donors (Lipinski definition) is 3. The molecule has 4 nitrogen and oxygen atoms in total. The van der Waals surface area contributed by atoms with Gasteiger partial charge in [-0.1, -0.05) is 6.07 Å². The van der Waals surface area contributed by atoms with Crippen LogP contribution in [-0.2, 0) is 19.4 Å². The van der Waals surface area contributed by atoms with Crippen LogP contribution in [-0.4, -0.2) is 19.0 Å². The molecule has 2 aromatic carbocycles. The number of hydrogen-bond acceptors (Lipinski definition) is 3. The summed E-state index contributed by atoms with van der Waals surface area (Å²) in [6.45, 7) is 2.34. The van der Waals surface area contributed by atoms with Crippen molar-refractivity contribution >= 4 is 42.1 Å². The van der Waals surface area contributed by atoms with Gasteiger partial charge >= 0.3 is 0 Å². The predicted molar refractivity (Wildman–Crippen MR) is 103 cm³/mol. The van der Waals surface area contributed by atoms with Crippen LogP contribution in [0.25, 0.3) is 0 Å². The predicted octanol–water partition coefficient (Wildman–Crippen LogP) is 3.54. The summed E-state index contributed by atoms with van der Waals surface area (Å²) < 4.78 is 14.6. The topological polar surface area (TPSA) is 53.2 Å². The molecule has 1 amide bonds. The Labute approximate surface area is 158 Å². The Hall–Kier alpha value is -1.82. The molecule has 0 radical (unpaired) electrons. The first kappa shape index (κ1) is 19.5. The smallest absolute Gasteiger partial charge is 0.255 e. The van der Waals surface area contributed by atoms with Gasteiger partial charge < -0.3 is 16.0 Å². The SMILES string of the molecule is Cl.Cl.O=C(Nc1ccc2c(c1F)CCNC2)c1ccc2c(c1)CCN2. The van der Waals surface area contributed by atoms with E-state index in [0.717, 1.165) is 36.3 Å². The third kappa shape index (κ3) is 3.73. The number of fused-ring (bicyclic) bond motifs is 2. The normalized spacial score (nSPS) is 14.3. The van der Waals surface area contributed by atoms with Crippen LogP contribution < -0.4 is 16.0 Å². The van der Waals surface area contributed by atoms with E-state index >= 15 is 0 Å². The maximum Gasteiger partial charge on any atom is 0.255 e. The molecule has 0 saturated carbocycles. The van der Waals surface area contributed by atoms with Crippen molar-refractivity contribution in [3.63, 3.8) is 0 Å². The molecule has 0 fully saturated rings. The van der Waals surface area contributed by atoms with E-state index < -0.39 is 0 Å². The maximum atomic E-state index is 14.6. The minimum absolute atomic E-state index is 0. The summed E-state index contributed by atoms with van der Waals surface area (Å²) in [4.78, 5) is 12.4. The molecule has 0 bridgehead atoms. The molecule has 0 spiro atoms. The van der Waals surface area contributed by atoms with Gasteiger partial charge in [-0.15, -0.1) is 24.8 Å². The van der Waals surface area contributed by atoms with Gasteiger partial charge in [-0.05, 0) is 60.3 Å². The lowest BCUT2D eigenvalue weighted by atomic mass is 9.99. The number of benzene rings is 2. The van der Waals surface area contributed by atoms with Crippen molar-refractivity contribution in [2.75, 3.05) is 23.7 Å². The zero-order valence-electron chi connectivity index (χ0n) is 13.5. The van der Waals surface area contributed by atoms with Crippen molar-refractivity contribution in [1.82, 2.24) is 5.32 Å². The molecule has 0 aliphatic carbocycles. The van der Waals surface area contributed by atoms with Gasteiger partial charge in [0.25, 0.3) is 5.91 Å². The second-order valence-corrected chi connectivity index (χ2v) is 5.99. The fourth-order valence-electron chi connectivity index (χ4n) is 3.27. The molecule has 2 aromatic rings. The van der Waals surface area contributed by atoms with Crippen LogP contribution in [0.2, 0.25) is 0 Å². The van der Waals surface area contributed by atoms with Gasteiger partial charge in [-0.2, -0.15) is 0 Å². The summed E-state index contributed by atoms with van der Waals surface area (Å²) in [5, 5.41) is 9.19. The van der Waals surface area contributed by atoms with Gasteiger partial charge in [0.05, 0.1) is 5.69 Å². The van der Waals surface area contributed by atoms with Crippen LogP contribution in [0.5, 0.6) is 0 Å². The van der Waals surface area contributed by atoms with Crippen molar-refractivity contribution in [2.45, 2.75) is 19.4 Å². The molecular formula is C18H20Cl2FN3O. The second-order valence-electron chi connectivity index (χ2n) is 5.99. The standard InChI is InChI=1S/C18H18FN3O.2ClH/c19-17-14-6-7-20-10-13(14)2-4-16(17)22-18(23)12-1-3-15-11(9-12)5-8-21-15;;/h1-4,9,20-21H,5-8,10H2,(H,22,23);2*1H. The van der Waals surface area contributed by atoms with Crippen molar-refractivity contribution in [3.05, 3.63) is 58.4 Å². The minimum atomic E-state index is -0.305. The summed E-state index contributed by atoms with van der Waals surface area (Å²) in [5.74, 6) is -0.576. The van der Waals surface area contributed by atoms with Gasteiger partial charge in [0.15, 0.2) is 0 Å². The zero-order valence-corrected chi connectivity index (χ0v) is 15.2. The van der Waals surface area contributed by atoms with Crippen LogP contribution in [0.3, 0.4) is 0 Å². The van der Waals surface area contributed by atoms with E-state index in [0.29, 0.717) is 24.1 Å². The summed E-state index contributed by atoms with van der Waals surface area (Å²) in [7, 11) is 0. The molecule has 7 heteroatoms. The molecule has 0 atom stereocenters. The van der Waals surface area contributed by atoms with E-state index in [2.05, 4.69) is 16.0 Å². The van der Waals surface area contributed by atoms with E-state index in [1.54, 1.807) is 12.1 Å². The van der Waals surface area contributed by atoms with E-state index in [-0.39, 0.29) is 42.2 Å². The van der Waals surface area contributed by atoms with Crippen molar-refractivity contribution in [3.8, 4) is 0 Å². The number of carbonyl (C=O) groups is 1. The Morgan fingerprint density at radius 2 is 1.88 bits per heavy atom. The molecule has 4 rings (SSSR count). The number of carbonyl (C=O) groups excluding carboxylic acids is 1. The van der Waals surface area contributed by atoms with Crippen molar-refractivity contribution < 1.29 is 9.18 Å². The quantitative estimate of drug-likeness (QED) is 0.743. The Bertz CT molecular complexity index is 798. The summed E-state index contributed by atoms with van der Waals surface area (Å²) in [5.41, 5.74) is 4.71. The number of halogens is 3. The van der Waals surface area contributed by atoms with Crippen molar-refractivity contribution in [2.24, 2.45) is 0 Å². The number of anilines is 2. The third-order valence-corrected chi connectivity index (χ3v) is 4.53. The lowest BCUT2D eigenvalue weighted by Crippen LogP contribution is -2.25. The Balaban J connectivity index is 0.00000113. The second kappa shape index (κ2) is 8.04. The highest BCUT2D eigenvalue weighted by Gasteiger charge is 2.19. The first-order valence-corrected chi connectivity index (χ1v) is 7.91. The average molecular weight is 384 g/mol. The summed E-state index contributed by atoms with van der Waals surface area (Å²) in [6.07, 6.45) is 1.56. The molecule has 0 unspecified atom stereocenters. The lowest BCUT2D eigenvalue weighted by molar-refractivity contribution is 0.102. The van der Waals surface area contributed by atoms with Gasteiger partial charge in [0.1, 0.15) is 5.82 Å². The van der Waals surface area contributed by atoms with Crippen LogP contribution in [0.4, 0.5) is 15.8 Å². The van der Waals surface area contributed by atoms with Crippen LogP contribution in [0, 0.1) is 5.82 Å². The van der Waals surface area contributed by atoms with Crippen molar-refractivity contribution in [1.29, 1.82) is 0 Å². The lowest BCUT2D eigenvalue weighted by Gasteiger charge is -2.19. The Morgan fingerprint density at radius 3 is 2.72 bits per heavy atom. The monoisotopic (exact) mass is 383 g/mol. The van der Waals surface area contributed by atoms with E-state index in [1.807, 2.05) is 18.2 Å². The molecule has 25 heavy (non-hydrogen) atoms. The van der Waals surface area contributed by atoms with E-state index in [9.17, 15) is 9.18 Å². The highest BCUT2D eigenvalue weighted by Crippen LogP contribution is 2.26. The Morgan fingerprint density at radius 1 is 1.04 bits per heavy atom. The molecule has 2 aliphatic heterocycles. The number of nitrogens with one attached hydrogen (secondary N) is 3. The first-order chi connectivity index (χ1) is 11.2. The van der Waals surface area contributed by atoms with Gasteiger partial charge in [0.2, 0.25) is 0 Å². The van der Waals surface area contributed by atoms with Crippen LogP contribution >= 0.6 is 24.8 Å². The molecule has 0 saturated heterocycles. The Kier molecular flexibility index (Phi) is 6.27. The van der Waals surface area contributed by atoms with Crippen LogP contribution in [0.1, 0.15) is 27.0 Å². The minimum Gasteiger partial charge on any atom is -0.384 e. The molecule has 134 valence electrons. The van der Waals surface area contributed by atoms with E-state index in [4.69, 9.17) is 0 Å². The molecule has 2 heterocycles. The fourth-order valence-corrected chi connectivity index (χ4v) is 3.27. The number of rotatable bonds is 2. The van der Waals surface area contributed by atoms with Crippen LogP contribution in [0.15, 0.2) is 30.3 Å². The van der Waals surface area contributed by atoms with Gasteiger partial charge in [0, 0.05) is 24.3 Å². The third-order valence-electron chi connectivity index (χ3n) is 4.53. The summed E-state index contributed by atoms with van der Waals surface area (Å²) >= 11 is 0. The molecule has 3 N–H and O–H groups in total. The highest BCUT2D eigenvalue weighted by atomic mass is 35.5. The average Bonchev–Trinajstić information content (AvgIpc) is 3.05. The molecule has 0 aromatic heterocycles. The highest BCUT2D eigenvalue weighted by molar-refractivity contribution is 6.04. The zero-order chi connectivity index (χ0) is 15.8. The first-order valence-electron chi connectivity index (χ1n) is 7.91. The fraction of sp³-hybridized carbons (Fsp3) is 0.278. The molecule has 2 aliphatic rings. The molecular weight excluding hydrogens is 364 g/mol. The van der Waals surface area contributed by atoms with E-state index in [1.165, 1.54) is 0 Å². The van der Waals surface area contributed by atoms with Gasteiger partial charge in [-0.25, -0.2) is 4.39 Å². The largest absolute Gasteiger partial charge is 0.384 e. The summed E-state index contributed by atoms with van der Waals surface area (Å²) in [6, 6.07) is 9.09. The van der Waals surface area contributed by atoms with Gasteiger partial charge in [-0.3, -0.25) is 4.79 Å². The maximum absolute atomic E-state index is 14.6. The number of amides is 1.